The van der Waals surface area contributed by atoms with Crippen molar-refractivity contribution in [3.63, 3.8) is 0 Å². The highest BCUT2D eigenvalue weighted by molar-refractivity contribution is 5.76. The Hall–Kier alpha value is -4.12. The van der Waals surface area contributed by atoms with Gasteiger partial charge in [-0.25, -0.2) is 4.68 Å². The maximum atomic E-state index is 12.1. The van der Waals surface area contributed by atoms with Gasteiger partial charge >= 0.3 is 5.97 Å². The second-order valence-electron chi connectivity index (χ2n) is 8.52. The van der Waals surface area contributed by atoms with E-state index < -0.39 is 11.9 Å². The van der Waals surface area contributed by atoms with Crippen molar-refractivity contribution in [3.8, 4) is 16.9 Å². The molecule has 0 saturated heterocycles. The Bertz CT molecular complexity index is 1270. The first kappa shape index (κ1) is 23.1. The number of anilines is 1. The molecule has 1 atom stereocenters. The maximum Gasteiger partial charge on any atom is 0.311 e. The molecule has 4 aromatic rings. The number of hydrogen-bond donors (Lipinski definition) is 2. The molecule has 0 bridgehead atoms. The van der Waals surface area contributed by atoms with E-state index >= 15 is 0 Å². The summed E-state index contributed by atoms with van der Waals surface area (Å²) in [6.45, 7) is 8.48. The molecule has 0 saturated carbocycles. The van der Waals surface area contributed by atoms with Gasteiger partial charge in [-0.15, -0.1) is 6.58 Å². The average molecular weight is 452 g/mol. The number of aromatic nitrogens is 2. The molecule has 1 unspecified atom stereocenters. The number of carboxylic acid groups (broad SMARTS) is 1. The van der Waals surface area contributed by atoms with Crippen molar-refractivity contribution in [2.24, 2.45) is 0 Å². The third kappa shape index (κ3) is 5.26. The molecular formula is C29H29N3O2. The van der Waals surface area contributed by atoms with Crippen LogP contribution in [0.25, 0.3) is 16.9 Å². The van der Waals surface area contributed by atoms with Gasteiger partial charge in [0.1, 0.15) is 0 Å². The number of rotatable bonds is 9. The first-order valence-corrected chi connectivity index (χ1v) is 11.3. The molecule has 3 aromatic carbocycles. The summed E-state index contributed by atoms with van der Waals surface area (Å²) in [6, 6.07) is 26.0. The molecule has 0 aliphatic carbocycles. The number of aryl methyl sites for hydroxylation is 2. The minimum Gasteiger partial charge on any atom is -0.481 e. The molecule has 0 radical (unpaired) electrons. The Labute approximate surface area is 200 Å². The van der Waals surface area contributed by atoms with Gasteiger partial charge in [-0.05, 0) is 49.7 Å². The zero-order chi connectivity index (χ0) is 24.1. The van der Waals surface area contributed by atoms with E-state index in [0.717, 1.165) is 39.5 Å². The number of carboxylic acids is 1. The van der Waals surface area contributed by atoms with Gasteiger partial charge in [-0.1, -0.05) is 65.7 Å². The molecule has 4 rings (SSSR count). The van der Waals surface area contributed by atoms with E-state index in [2.05, 4.69) is 24.0 Å². The maximum absolute atomic E-state index is 12.1. The van der Waals surface area contributed by atoms with Gasteiger partial charge in [0.2, 0.25) is 0 Å². The molecule has 5 nitrogen and oxygen atoms in total. The molecule has 1 aromatic heterocycles. The molecule has 0 amide bonds. The lowest BCUT2D eigenvalue weighted by Gasteiger charge is -2.11. The third-order valence-electron chi connectivity index (χ3n) is 5.86. The number of hydrogen-bond acceptors (Lipinski definition) is 3. The number of carbonyl (C=O) groups is 1. The van der Waals surface area contributed by atoms with E-state index in [1.807, 2.05) is 91.3 Å². The summed E-state index contributed by atoms with van der Waals surface area (Å²) in [5.74, 6) is -1.52. The van der Waals surface area contributed by atoms with Gasteiger partial charge in [0.05, 0.1) is 23.0 Å². The topological polar surface area (TPSA) is 67.2 Å². The first-order chi connectivity index (χ1) is 16.4. The van der Waals surface area contributed by atoms with Gasteiger partial charge in [0, 0.05) is 24.2 Å². The number of nitrogens with zero attached hydrogens (tertiary/aromatic N) is 2. The minimum atomic E-state index is -0.854. The Kier molecular flexibility index (Phi) is 6.93. The predicted octanol–water partition coefficient (Wildman–Crippen LogP) is 6.16. The van der Waals surface area contributed by atoms with Crippen LogP contribution in [-0.2, 0) is 11.2 Å². The summed E-state index contributed by atoms with van der Waals surface area (Å²) in [6.07, 6.45) is 2.13. The van der Waals surface area contributed by atoms with Crippen LogP contribution in [-0.4, -0.2) is 27.4 Å². The van der Waals surface area contributed by atoms with Gasteiger partial charge < -0.3 is 10.4 Å². The third-order valence-corrected chi connectivity index (χ3v) is 5.86. The monoisotopic (exact) mass is 451 g/mol. The zero-order valence-electron chi connectivity index (χ0n) is 19.5. The molecule has 0 aliphatic heterocycles. The van der Waals surface area contributed by atoms with Gasteiger partial charge in [-0.2, -0.15) is 5.10 Å². The SMILES string of the molecule is C=CCNc1ccc(-c2cc(CC(C(=O)O)c3ccc(C)cc3)nn2-c2ccc(C)cc2)cc1. The quantitative estimate of drug-likeness (QED) is 0.299. The lowest BCUT2D eigenvalue weighted by Crippen LogP contribution is -2.15. The minimum absolute atomic E-state index is 0.309. The molecule has 0 fully saturated rings. The van der Waals surface area contributed by atoms with Crippen LogP contribution < -0.4 is 5.32 Å². The van der Waals surface area contributed by atoms with Gasteiger partial charge in [0.15, 0.2) is 0 Å². The Morgan fingerprint density at radius 2 is 1.62 bits per heavy atom. The zero-order valence-corrected chi connectivity index (χ0v) is 19.5. The molecule has 34 heavy (non-hydrogen) atoms. The van der Waals surface area contributed by atoms with Crippen LogP contribution in [0.4, 0.5) is 5.69 Å². The Balaban J connectivity index is 1.72. The predicted molar refractivity (Wildman–Crippen MR) is 138 cm³/mol. The molecule has 1 heterocycles. The number of aliphatic carboxylic acids is 1. The standard InChI is InChI=1S/C29H29N3O2/c1-4-17-30-24-13-11-23(12-14-24)28-19-25(31-32(28)26-15-7-21(3)8-16-26)18-27(29(33)34)22-9-5-20(2)6-10-22/h4-16,19,27,30H,1,17-18H2,2-3H3,(H,33,34). The normalized spacial score (nSPS) is 11.7. The molecule has 0 spiro atoms. The summed E-state index contributed by atoms with van der Waals surface area (Å²) in [4.78, 5) is 12.1. The van der Waals surface area contributed by atoms with Crippen LogP contribution in [0.1, 0.15) is 28.3 Å². The smallest absolute Gasteiger partial charge is 0.311 e. The van der Waals surface area contributed by atoms with Crippen molar-refractivity contribution in [1.29, 1.82) is 0 Å². The second-order valence-corrected chi connectivity index (χ2v) is 8.52. The Morgan fingerprint density at radius 1 is 1.00 bits per heavy atom. The molecule has 0 aliphatic rings. The van der Waals surface area contributed by atoms with Gasteiger partial charge in [0.25, 0.3) is 0 Å². The fourth-order valence-corrected chi connectivity index (χ4v) is 3.92. The summed E-state index contributed by atoms with van der Waals surface area (Å²) in [7, 11) is 0. The van der Waals surface area contributed by atoms with Crippen molar-refractivity contribution < 1.29 is 9.90 Å². The average Bonchev–Trinajstić information content (AvgIpc) is 3.26. The van der Waals surface area contributed by atoms with Crippen molar-refractivity contribution in [1.82, 2.24) is 9.78 Å². The molecule has 5 heteroatoms. The van der Waals surface area contributed by atoms with Crippen LogP contribution in [0, 0.1) is 13.8 Å². The second kappa shape index (κ2) is 10.2. The fourth-order valence-electron chi connectivity index (χ4n) is 3.92. The van der Waals surface area contributed by atoms with E-state index in [1.165, 1.54) is 5.56 Å². The molecular weight excluding hydrogens is 422 g/mol. The van der Waals surface area contributed by atoms with E-state index in [1.54, 1.807) is 0 Å². The van der Waals surface area contributed by atoms with E-state index in [9.17, 15) is 9.90 Å². The first-order valence-electron chi connectivity index (χ1n) is 11.3. The van der Waals surface area contributed by atoms with Crippen LogP contribution in [0.3, 0.4) is 0 Å². The van der Waals surface area contributed by atoms with E-state index in [4.69, 9.17) is 5.10 Å². The highest BCUT2D eigenvalue weighted by atomic mass is 16.4. The summed E-state index contributed by atoms with van der Waals surface area (Å²) >= 11 is 0. The van der Waals surface area contributed by atoms with Crippen molar-refractivity contribution in [2.45, 2.75) is 26.2 Å². The summed E-state index contributed by atoms with van der Waals surface area (Å²) in [5, 5.41) is 18.1. The highest BCUT2D eigenvalue weighted by Crippen LogP contribution is 2.29. The fraction of sp³-hybridized carbons (Fsp3) is 0.172. The number of nitrogens with one attached hydrogen (secondary N) is 1. The lowest BCUT2D eigenvalue weighted by atomic mass is 9.93. The Morgan fingerprint density at radius 3 is 2.21 bits per heavy atom. The number of benzene rings is 3. The molecule has 172 valence electrons. The van der Waals surface area contributed by atoms with E-state index in [-0.39, 0.29) is 0 Å². The van der Waals surface area contributed by atoms with Gasteiger partial charge in [-0.3, -0.25) is 4.79 Å². The van der Waals surface area contributed by atoms with Crippen molar-refractivity contribution in [2.75, 3.05) is 11.9 Å². The summed E-state index contributed by atoms with van der Waals surface area (Å²) in [5.41, 5.74) is 7.65. The van der Waals surface area contributed by atoms with Crippen molar-refractivity contribution >= 4 is 11.7 Å². The lowest BCUT2D eigenvalue weighted by molar-refractivity contribution is -0.138. The molecule has 2 N–H and O–H groups in total. The largest absolute Gasteiger partial charge is 0.481 e. The van der Waals surface area contributed by atoms with Crippen LogP contribution in [0.2, 0.25) is 0 Å². The van der Waals surface area contributed by atoms with Crippen LogP contribution in [0.5, 0.6) is 0 Å². The highest BCUT2D eigenvalue weighted by Gasteiger charge is 2.23. The van der Waals surface area contributed by atoms with E-state index in [0.29, 0.717) is 13.0 Å². The van der Waals surface area contributed by atoms with Crippen LogP contribution >= 0.6 is 0 Å². The summed E-state index contributed by atoms with van der Waals surface area (Å²) < 4.78 is 1.90. The van der Waals surface area contributed by atoms with Crippen molar-refractivity contribution in [3.05, 3.63) is 114 Å². The van der Waals surface area contributed by atoms with Crippen LogP contribution in [0.15, 0.2) is 91.5 Å².